The number of fused-ring (bicyclic) bond motifs is 2. The van der Waals surface area contributed by atoms with Crippen LogP contribution in [0.25, 0.3) is 27.3 Å². The fourth-order valence-corrected chi connectivity index (χ4v) is 3.81. The van der Waals surface area contributed by atoms with E-state index in [2.05, 4.69) is 15.0 Å². The van der Waals surface area contributed by atoms with E-state index in [1.165, 1.54) is 6.08 Å². The summed E-state index contributed by atoms with van der Waals surface area (Å²) >= 11 is 1.62. The highest BCUT2D eigenvalue weighted by molar-refractivity contribution is 7.18. The van der Waals surface area contributed by atoms with Crippen molar-refractivity contribution in [3.05, 3.63) is 71.5 Å². The summed E-state index contributed by atoms with van der Waals surface area (Å²) in [5, 5.41) is 0.922. The summed E-state index contributed by atoms with van der Waals surface area (Å²) in [6.07, 6.45) is 4.90. The van der Waals surface area contributed by atoms with Gasteiger partial charge in [0, 0.05) is 13.1 Å². The highest BCUT2D eigenvalue weighted by atomic mass is 32.1. The molecular weight excluding hydrogens is 356 g/mol. The normalized spacial score (nSPS) is 12.7. The quantitative estimate of drug-likeness (QED) is 0.495. The van der Waals surface area contributed by atoms with Gasteiger partial charge in [-0.3, -0.25) is 9.78 Å². The minimum absolute atomic E-state index is 0.100. The molecule has 2 aromatic carbocycles. The Labute approximate surface area is 161 Å². The second kappa shape index (κ2) is 7.25. The maximum atomic E-state index is 12.6. The van der Waals surface area contributed by atoms with E-state index in [4.69, 9.17) is 0 Å². The summed E-state index contributed by atoms with van der Waals surface area (Å²) in [5.74, 6) is -0.100. The van der Waals surface area contributed by atoms with Gasteiger partial charge in [-0.2, -0.15) is 0 Å². The maximum Gasteiger partial charge on any atom is 0.246 e. The number of thiazole rings is 1. The molecule has 0 bridgehead atoms. The molecule has 4 aromatic rings. The van der Waals surface area contributed by atoms with Crippen molar-refractivity contribution in [3.8, 4) is 0 Å². The second-order valence-corrected chi connectivity index (χ2v) is 7.32. The standard InChI is InChI=1S/C21H18N4OS/c1-14(21-24-18-9-5-6-10-19(18)27-21)25(2)20(26)12-11-15-13-22-16-7-3-4-8-17(16)23-15/h3-14H,1-2H3/b12-11+/t14-/m1/s1. The summed E-state index contributed by atoms with van der Waals surface area (Å²) in [7, 11) is 1.79. The predicted molar refractivity (Wildman–Crippen MR) is 109 cm³/mol. The molecule has 4 rings (SSSR count). The van der Waals surface area contributed by atoms with Crippen LogP contribution in [0.4, 0.5) is 0 Å². The van der Waals surface area contributed by atoms with Crippen LogP contribution in [0.5, 0.6) is 0 Å². The molecule has 0 saturated carbocycles. The zero-order chi connectivity index (χ0) is 18.8. The lowest BCUT2D eigenvalue weighted by Crippen LogP contribution is -2.27. The predicted octanol–water partition coefficient (Wildman–Crippen LogP) is 4.47. The number of carbonyl (C=O) groups is 1. The van der Waals surface area contributed by atoms with Gasteiger partial charge < -0.3 is 4.90 Å². The number of aromatic nitrogens is 3. The highest BCUT2D eigenvalue weighted by Crippen LogP contribution is 2.28. The number of para-hydroxylation sites is 3. The summed E-state index contributed by atoms with van der Waals surface area (Å²) < 4.78 is 1.13. The van der Waals surface area contributed by atoms with E-state index in [9.17, 15) is 4.79 Å². The van der Waals surface area contributed by atoms with E-state index in [-0.39, 0.29) is 11.9 Å². The monoisotopic (exact) mass is 374 g/mol. The van der Waals surface area contributed by atoms with Gasteiger partial charge in [0.1, 0.15) is 5.01 Å². The molecule has 6 heteroatoms. The SMILES string of the molecule is C[C@H](c1nc2ccccc2s1)N(C)C(=O)/C=C/c1cnc2ccccc2n1. The Hall–Kier alpha value is -3.12. The molecule has 0 radical (unpaired) electrons. The van der Waals surface area contributed by atoms with E-state index >= 15 is 0 Å². The second-order valence-electron chi connectivity index (χ2n) is 6.26. The molecule has 0 aliphatic heterocycles. The zero-order valence-corrected chi connectivity index (χ0v) is 15.9. The molecule has 0 unspecified atom stereocenters. The number of hydrogen-bond acceptors (Lipinski definition) is 5. The molecule has 0 aliphatic carbocycles. The van der Waals surface area contributed by atoms with Gasteiger partial charge in [0.15, 0.2) is 0 Å². The van der Waals surface area contributed by atoms with Crippen molar-refractivity contribution >= 4 is 44.6 Å². The van der Waals surface area contributed by atoms with Crippen molar-refractivity contribution in [1.29, 1.82) is 0 Å². The Morgan fingerprint density at radius 3 is 2.52 bits per heavy atom. The summed E-state index contributed by atoms with van der Waals surface area (Å²) in [6.45, 7) is 1.99. The molecule has 0 saturated heterocycles. The van der Waals surface area contributed by atoms with Crippen LogP contribution in [0.1, 0.15) is 23.7 Å². The number of rotatable bonds is 4. The number of nitrogens with zero attached hydrogens (tertiary/aromatic N) is 4. The van der Waals surface area contributed by atoms with Crippen molar-refractivity contribution in [1.82, 2.24) is 19.9 Å². The van der Waals surface area contributed by atoms with Gasteiger partial charge in [0.2, 0.25) is 5.91 Å². The minimum Gasteiger partial charge on any atom is -0.333 e. The van der Waals surface area contributed by atoms with Gasteiger partial charge in [-0.1, -0.05) is 24.3 Å². The van der Waals surface area contributed by atoms with Gasteiger partial charge in [-0.15, -0.1) is 11.3 Å². The zero-order valence-electron chi connectivity index (χ0n) is 15.0. The van der Waals surface area contributed by atoms with E-state index in [1.807, 2.05) is 55.5 Å². The molecule has 0 aliphatic rings. The number of likely N-dealkylation sites (N-methyl/N-ethyl adjacent to an activating group) is 1. The van der Waals surface area contributed by atoms with Crippen LogP contribution in [0.2, 0.25) is 0 Å². The fraction of sp³-hybridized carbons (Fsp3) is 0.143. The highest BCUT2D eigenvalue weighted by Gasteiger charge is 2.19. The molecular formula is C21H18N4OS. The van der Waals surface area contributed by atoms with Crippen LogP contribution < -0.4 is 0 Å². The largest absolute Gasteiger partial charge is 0.333 e. The molecule has 5 nitrogen and oxygen atoms in total. The number of hydrogen-bond donors (Lipinski definition) is 0. The molecule has 1 amide bonds. The Morgan fingerprint density at radius 1 is 1.04 bits per heavy atom. The third-order valence-electron chi connectivity index (χ3n) is 4.46. The van der Waals surface area contributed by atoms with Crippen LogP contribution >= 0.6 is 11.3 Å². The average molecular weight is 374 g/mol. The molecule has 27 heavy (non-hydrogen) atoms. The van der Waals surface area contributed by atoms with Crippen LogP contribution in [0.3, 0.4) is 0 Å². The summed E-state index contributed by atoms with van der Waals surface area (Å²) in [5.41, 5.74) is 3.26. The lowest BCUT2D eigenvalue weighted by atomic mass is 10.2. The van der Waals surface area contributed by atoms with Gasteiger partial charge in [-0.05, 0) is 37.3 Å². The van der Waals surface area contributed by atoms with E-state index in [1.54, 1.807) is 35.6 Å². The maximum absolute atomic E-state index is 12.6. The van der Waals surface area contributed by atoms with Crippen LogP contribution in [-0.4, -0.2) is 32.8 Å². The van der Waals surface area contributed by atoms with Crippen molar-refractivity contribution in [2.24, 2.45) is 0 Å². The molecule has 1 atom stereocenters. The molecule has 0 spiro atoms. The smallest absolute Gasteiger partial charge is 0.246 e. The lowest BCUT2D eigenvalue weighted by molar-refractivity contribution is -0.126. The van der Waals surface area contributed by atoms with Gasteiger partial charge >= 0.3 is 0 Å². The first kappa shape index (κ1) is 17.3. The number of carbonyl (C=O) groups excluding carboxylic acids is 1. The molecule has 134 valence electrons. The summed E-state index contributed by atoms with van der Waals surface area (Å²) in [4.78, 5) is 27.8. The van der Waals surface area contributed by atoms with Gasteiger partial charge in [-0.25, -0.2) is 9.97 Å². The third-order valence-corrected chi connectivity index (χ3v) is 5.67. The Morgan fingerprint density at radius 2 is 1.74 bits per heavy atom. The first-order valence-electron chi connectivity index (χ1n) is 8.64. The number of amides is 1. The molecule has 0 N–H and O–H groups in total. The van der Waals surface area contributed by atoms with Crippen LogP contribution in [0, 0.1) is 0 Å². The van der Waals surface area contributed by atoms with Gasteiger partial charge in [0.25, 0.3) is 0 Å². The Bertz CT molecular complexity index is 1120. The fourth-order valence-electron chi connectivity index (χ4n) is 2.75. The Kier molecular flexibility index (Phi) is 4.64. The topological polar surface area (TPSA) is 59.0 Å². The van der Waals surface area contributed by atoms with Crippen molar-refractivity contribution in [3.63, 3.8) is 0 Å². The van der Waals surface area contributed by atoms with E-state index < -0.39 is 0 Å². The minimum atomic E-state index is -0.109. The van der Waals surface area contributed by atoms with Crippen molar-refractivity contribution < 1.29 is 4.79 Å². The Balaban J connectivity index is 1.51. The third kappa shape index (κ3) is 3.57. The molecule has 0 fully saturated rings. The van der Waals surface area contributed by atoms with Gasteiger partial charge in [0.05, 0.1) is 39.2 Å². The number of benzene rings is 2. The molecule has 2 aromatic heterocycles. The summed E-state index contributed by atoms with van der Waals surface area (Å²) in [6, 6.07) is 15.6. The van der Waals surface area contributed by atoms with Crippen molar-refractivity contribution in [2.75, 3.05) is 7.05 Å². The molecule has 2 heterocycles. The van der Waals surface area contributed by atoms with Crippen molar-refractivity contribution in [2.45, 2.75) is 13.0 Å². The van der Waals surface area contributed by atoms with Crippen LogP contribution in [-0.2, 0) is 4.79 Å². The lowest BCUT2D eigenvalue weighted by Gasteiger charge is -2.21. The van der Waals surface area contributed by atoms with E-state index in [0.29, 0.717) is 5.69 Å². The first-order chi connectivity index (χ1) is 13.1. The average Bonchev–Trinajstić information content (AvgIpc) is 3.15. The van der Waals surface area contributed by atoms with Crippen LogP contribution in [0.15, 0.2) is 60.8 Å². The first-order valence-corrected chi connectivity index (χ1v) is 9.45. The van der Waals surface area contributed by atoms with E-state index in [0.717, 1.165) is 26.3 Å².